The van der Waals surface area contributed by atoms with Gasteiger partial charge in [0.1, 0.15) is 0 Å². The minimum Gasteiger partial charge on any atom is -0.314 e. The third kappa shape index (κ3) is 4.68. The van der Waals surface area contributed by atoms with E-state index in [1.54, 1.807) is 6.92 Å². The number of carbonyl (C=O) groups is 1. The molecule has 0 bridgehead atoms. The van der Waals surface area contributed by atoms with Crippen molar-refractivity contribution in [3.8, 4) is 0 Å². The molecule has 1 aliphatic heterocycles. The number of Topliss-reactive ketones (excluding diaryl/α,β-unsaturated/α-hetero) is 1. The third-order valence-electron chi connectivity index (χ3n) is 4.07. The number of hydrogen-bond donors (Lipinski definition) is 1. The van der Waals surface area contributed by atoms with Gasteiger partial charge in [0.05, 0.1) is 0 Å². The van der Waals surface area contributed by atoms with Crippen molar-refractivity contribution in [2.24, 2.45) is 0 Å². The predicted molar refractivity (Wildman–Crippen MR) is 93.3 cm³/mol. The Hall–Kier alpha value is -0.610. The highest BCUT2D eigenvalue weighted by atomic mass is 35.5. The van der Waals surface area contributed by atoms with Crippen LogP contribution >= 0.6 is 24.8 Å². The Balaban J connectivity index is 0.00000200. The second-order valence-electron chi connectivity index (χ2n) is 5.57. The molecule has 0 amide bonds. The van der Waals surface area contributed by atoms with Crippen molar-refractivity contribution in [3.05, 3.63) is 33.9 Å². The summed E-state index contributed by atoms with van der Waals surface area (Å²) in [4.78, 5) is 14.3. The van der Waals surface area contributed by atoms with E-state index in [-0.39, 0.29) is 30.6 Å². The van der Waals surface area contributed by atoms with E-state index in [1.807, 2.05) is 6.92 Å². The molecular formula is C16H26Cl2N2O. The van der Waals surface area contributed by atoms with Crippen LogP contribution in [0.25, 0.3) is 0 Å². The second-order valence-corrected chi connectivity index (χ2v) is 5.57. The van der Waals surface area contributed by atoms with Crippen LogP contribution in [-0.2, 0) is 6.54 Å². The van der Waals surface area contributed by atoms with Crippen LogP contribution in [0.4, 0.5) is 0 Å². The summed E-state index contributed by atoms with van der Waals surface area (Å²) in [7, 11) is 0. The van der Waals surface area contributed by atoms with Crippen molar-refractivity contribution >= 4 is 30.6 Å². The molecule has 0 radical (unpaired) electrons. The third-order valence-corrected chi connectivity index (χ3v) is 4.07. The van der Waals surface area contributed by atoms with Crippen LogP contribution < -0.4 is 5.32 Å². The van der Waals surface area contributed by atoms with Crippen molar-refractivity contribution in [1.29, 1.82) is 0 Å². The van der Waals surface area contributed by atoms with Gasteiger partial charge in [-0.2, -0.15) is 0 Å². The number of hydrogen-bond acceptors (Lipinski definition) is 3. The van der Waals surface area contributed by atoms with Crippen LogP contribution in [0.3, 0.4) is 0 Å². The largest absolute Gasteiger partial charge is 0.314 e. The Bertz CT molecular complexity index is 498. The average molecular weight is 333 g/mol. The molecule has 1 aliphatic rings. The number of aryl methyl sites for hydroxylation is 2. The first-order chi connectivity index (χ1) is 9.00. The molecule has 1 saturated heterocycles. The minimum absolute atomic E-state index is 0. The smallest absolute Gasteiger partial charge is 0.160 e. The Morgan fingerprint density at radius 3 is 2.24 bits per heavy atom. The van der Waals surface area contributed by atoms with Crippen molar-refractivity contribution in [1.82, 2.24) is 10.2 Å². The maximum atomic E-state index is 11.8. The van der Waals surface area contributed by atoms with Crippen LogP contribution in [0.5, 0.6) is 0 Å². The summed E-state index contributed by atoms with van der Waals surface area (Å²) in [6.07, 6.45) is 0. The molecule has 5 heteroatoms. The first-order valence-electron chi connectivity index (χ1n) is 7.04. The molecular weight excluding hydrogens is 307 g/mol. The quantitative estimate of drug-likeness (QED) is 0.863. The number of nitrogens with zero attached hydrogens (tertiary/aromatic N) is 1. The minimum atomic E-state index is 0. The van der Waals surface area contributed by atoms with Gasteiger partial charge in [0, 0.05) is 38.3 Å². The molecule has 0 aliphatic carbocycles. The van der Waals surface area contributed by atoms with Crippen molar-refractivity contribution in [3.63, 3.8) is 0 Å². The first-order valence-corrected chi connectivity index (χ1v) is 7.04. The summed E-state index contributed by atoms with van der Waals surface area (Å²) in [5.41, 5.74) is 5.82. The summed E-state index contributed by atoms with van der Waals surface area (Å²) >= 11 is 0. The van der Waals surface area contributed by atoms with E-state index < -0.39 is 0 Å². The van der Waals surface area contributed by atoms with Crippen molar-refractivity contribution in [2.75, 3.05) is 26.2 Å². The first kappa shape index (κ1) is 20.4. The summed E-state index contributed by atoms with van der Waals surface area (Å²) in [6.45, 7) is 13.2. The van der Waals surface area contributed by atoms with Gasteiger partial charge < -0.3 is 5.32 Å². The van der Waals surface area contributed by atoms with Crippen LogP contribution in [0.15, 0.2) is 6.07 Å². The molecule has 3 nitrogen and oxygen atoms in total. The fourth-order valence-corrected chi connectivity index (χ4v) is 3.10. The molecule has 0 spiro atoms. The predicted octanol–water partition coefficient (Wildman–Crippen LogP) is 3.06. The lowest BCUT2D eigenvalue weighted by Crippen LogP contribution is -2.43. The molecule has 1 aromatic rings. The number of ketones is 1. The van der Waals surface area contributed by atoms with Gasteiger partial charge in [-0.25, -0.2) is 0 Å². The fourth-order valence-electron chi connectivity index (χ4n) is 3.10. The van der Waals surface area contributed by atoms with Gasteiger partial charge in [0.2, 0.25) is 0 Å². The molecule has 1 fully saturated rings. The Kier molecular flexibility index (Phi) is 8.49. The molecule has 0 saturated carbocycles. The lowest BCUT2D eigenvalue weighted by Gasteiger charge is -2.29. The van der Waals surface area contributed by atoms with E-state index in [4.69, 9.17) is 0 Å². The summed E-state index contributed by atoms with van der Waals surface area (Å²) < 4.78 is 0. The Morgan fingerprint density at radius 1 is 1.14 bits per heavy atom. The zero-order valence-electron chi connectivity index (χ0n) is 13.3. The van der Waals surface area contributed by atoms with E-state index in [9.17, 15) is 4.79 Å². The van der Waals surface area contributed by atoms with Gasteiger partial charge in [-0.3, -0.25) is 9.69 Å². The van der Waals surface area contributed by atoms with Gasteiger partial charge >= 0.3 is 0 Å². The molecule has 1 aromatic carbocycles. The zero-order valence-corrected chi connectivity index (χ0v) is 14.9. The molecule has 21 heavy (non-hydrogen) atoms. The molecule has 1 N–H and O–H groups in total. The van der Waals surface area contributed by atoms with E-state index in [1.165, 1.54) is 16.7 Å². The van der Waals surface area contributed by atoms with E-state index in [2.05, 4.69) is 30.1 Å². The lowest BCUT2D eigenvalue weighted by molar-refractivity contribution is 0.101. The van der Waals surface area contributed by atoms with E-state index >= 15 is 0 Å². The van der Waals surface area contributed by atoms with Gasteiger partial charge in [-0.1, -0.05) is 6.07 Å². The standard InChI is InChI=1S/C16H24N2O.2ClH/c1-11-9-12(2)16(14(4)19)13(3)15(11)10-18-7-5-17-6-8-18;;/h9,17H,5-8,10H2,1-4H3;2*1H. The zero-order chi connectivity index (χ0) is 14.0. The molecule has 0 aromatic heterocycles. The van der Waals surface area contributed by atoms with Crippen LogP contribution in [0, 0.1) is 20.8 Å². The number of nitrogens with one attached hydrogen (secondary N) is 1. The second kappa shape index (κ2) is 8.74. The average Bonchev–Trinajstić information content (AvgIpc) is 2.35. The highest BCUT2D eigenvalue weighted by Gasteiger charge is 2.17. The maximum absolute atomic E-state index is 11.8. The molecule has 0 unspecified atom stereocenters. The number of halogens is 2. The normalized spacial score (nSPS) is 15.0. The summed E-state index contributed by atoms with van der Waals surface area (Å²) in [5.74, 6) is 0.177. The molecule has 0 atom stereocenters. The number of carbonyl (C=O) groups excluding carboxylic acids is 1. The van der Waals surface area contributed by atoms with Crippen LogP contribution in [0.1, 0.15) is 39.5 Å². The Labute approximate surface area is 140 Å². The fraction of sp³-hybridized carbons (Fsp3) is 0.562. The Morgan fingerprint density at radius 2 is 1.71 bits per heavy atom. The number of piperazine rings is 1. The lowest BCUT2D eigenvalue weighted by atomic mass is 9.91. The summed E-state index contributed by atoms with van der Waals surface area (Å²) in [5, 5.41) is 3.37. The number of rotatable bonds is 3. The van der Waals surface area contributed by atoms with Crippen LogP contribution in [0.2, 0.25) is 0 Å². The SMILES string of the molecule is CC(=O)c1c(C)cc(C)c(CN2CCNCC2)c1C.Cl.Cl. The van der Waals surface area contributed by atoms with Crippen molar-refractivity contribution < 1.29 is 4.79 Å². The topological polar surface area (TPSA) is 32.3 Å². The van der Waals surface area contributed by atoms with E-state index in [0.717, 1.165) is 43.9 Å². The highest BCUT2D eigenvalue weighted by Crippen LogP contribution is 2.24. The molecule has 120 valence electrons. The summed E-state index contributed by atoms with van der Waals surface area (Å²) in [6, 6.07) is 2.15. The van der Waals surface area contributed by atoms with E-state index in [0.29, 0.717) is 0 Å². The van der Waals surface area contributed by atoms with Gasteiger partial charge in [-0.05, 0) is 49.9 Å². The van der Waals surface area contributed by atoms with Gasteiger partial charge in [0.25, 0.3) is 0 Å². The monoisotopic (exact) mass is 332 g/mol. The van der Waals surface area contributed by atoms with Gasteiger partial charge in [0.15, 0.2) is 5.78 Å². The maximum Gasteiger partial charge on any atom is 0.160 e. The molecule has 1 heterocycles. The van der Waals surface area contributed by atoms with Gasteiger partial charge in [-0.15, -0.1) is 24.8 Å². The number of benzene rings is 1. The van der Waals surface area contributed by atoms with Crippen molar-refractivity contribution in [2.45, 2.75) is 34.2 Å². The highest BCUT2D eigenvalue weighted by molar-refractivity contribution is 5.97. The van der Waals surface area contributed by atoms with Crippen LogP contribution in [-0.4, -0.2) is 36.9 Å². The molecule has 2 rings (SSSR count).